The first-order chi connectivity index (χ1) is 31.5. The van der Waals surface area contributed by atoms with Crippen molar-refractivity contribution >= 4 is 63.5 Å². The van der Waals surface area contributed by atoms with Gasteiger partial charge in [-0.1, -0.05) is 71.7 Å². The van der Waals surface area contributed by atoms with Crippen molar-refractivity contribution in [3.8, 4) is 29.3 Å². The molecule has 10 nitrogen and oxygen atoms in total. The number of benzene rings is 6. The van der Waals surface area contributed by atoms with Gasteiger partial charge >= 0.3 is 0 Å². The fourth-order valence-electron chi connectivity index (χ4n) is 7.69. The third-order valence-electron chi connectivity index (χ3n) is 11.4. The SMILES string of the molecule is Cc1ccc(N2CCCCC2)cc1C(=O)Nc1cc(-c2ccccc2)ccc1C#N.Cc1ccc(N2CCCCC2)cc1C(=O)Nc1cc(Cl)ccc1C#N.N#Cc1ccc(Cl)cc1N. The second kappa shape index (κ2) is 22.9. The molecule has 12 heteroatoms. The molecule has 65 heavy (non-hydrogen) atoms. The highest BCUT2D eigenvalue weighted by Crippen LogP contribution is 2.29. The van der Waals surface area contributed by atoms with E-state index in [0.717, 1.165) is 59.8 Å². The minimum atomic E-state index is -0.227. The van der Waals surface area contributed by atoms with Crippen molar-refractivity contribution in [1.82, 2.24) is 0 Å². The number of amides is 2. The first-order valence-electron chi connectivity index (χ1n) is 21.6. The van der Waals surface area contributed by atoms with Crippen LogP contribution in [0.3, 0.4) is 0 Å². The molecule has 0 spiro atoms. The third kappa shape index (κ3) is 12.7. The number of nitrogens with zero attached hydrogens (tertiary/aromatic N) is 5. The van der Waals surface area contributed by atoms with Gasteiger partial charge in [0.2, 0.25) is 0 Å². The number of halogens is 2. The van der Waals surface area contributed by atoms with Crippen LogP contribution in [0.5, 0.6) is 0 Å². The molecule has 6 aromatic rings. The van der Waals surface area contributed by atoms with Crippen LogP contribution < -0.4 is 26.2 Å². The van der Waals surface area contributed by atoms with E-state index in [1.165, 1.54) is 38.5 Å². The van der Waals surface area contributed by atoms with E-state index in [1.807, 2.05) is 86.6 Å². The number of hydrogen-bond acceptors (Lipinski definition) is 8. The summed E-state index contributed by atoms with van der Waals surface area (Å²) >= 11 is 11.6. The Morgan fingerprint density at radius 2 is 0.969 bits per heavy atom. The van der Waals surface area contributed by atoms with Gasteiger partial charge in [-0.25, -0.2) is 0 Å². The van der Waals surface area contributed by atoms with Gasteiger partial charge in [-0.2, -0.15) is 15.8 Å². The molecule has 0 bridgehead atoms. The predicted molar refractivity (Wildman–Crippen MR) is 264 cm³/mol. The molecular formula is C53H50Cl2N8O2. The molecule has 2 saturated heterocycles. The summed E-state index contributed by atoms with van der Waals surface area (Å²) in [6.07, 6.45) is 7.28. The van der Waals surface area contributed by atoms with Crippen LogP contribution in [0.2, 0.25) is 10.0 Å². The lowest BCUT2D eigenvalue weighted by Gasteiger charge is -2.29. The van der Waals surface area contributed by atoms with Crippen molar-refractivity contribution in [3.05, 3.63) is 170 Å². The van der Waals surface area contributed by atoms with Gasteiger partial charge in [0.25, 0.3) is 11.8 Å². The lowest BCUT2D eigenvalue weighted by molar-refractivity contribution is 0.101. The normalized spacial score (nSPS) is 13.0. The zero-order chi connectivity index (χ0) is 46.3. The van der Waals surface area contributed by atoms with E-state index in [-0.39, 0.29) is 11.8 Å². The summed E-state index contributed by atoms with van der Waals surface area (Å²) in [6, 6.07) is 43.4. The Bertz CT molecular complexity index is 2780. The van der Waals surface area contributed by atoms with E-state index in [1.54, 1.807) is 42.5 Å². The van der Waals surface area contributed by atoms with Crippen molar-refractivity contribution in [3.63, 3.8) is 0 Å². The Kier molecular flexibility index (Phi) is 16.6. The topological polar surface area (TPSA) is 162 Å². The molecule has 2 heterocycles. The first kappa shape index (κ1) is 47.2. The smallest absolute Gasteiger partial charge is 0.256 e. The average molecular weight is 902 g/mol. The number of hydrogen-bond donors (Lipinski definition) is 3. The number of nitriles is 3. The largest absolute Gasteiger partial charge is 0.398 e. The molecule has 2 fully saturated rings. The van der Waals surface area contributed by atoms with Crippen molar-refractivity contribution in [2.45, 2.75) is 52.4 Å². The summed E-state index contributed by atoms with van der Waals surface area (Å²) in [5.41, 5.74) is 15.4. The van der Waals surface area contributed by atoms with E-state index in [4.69, 9.17) is 34.2 Å². The molecule has 2 aliphatic rings. The molecule has 2 aliphatic heterocycles. The zero-order valence-corrected chi connectivity index (χ0v) is 38.0. The van der Waals surface area contributed by atoms with Crippen molar-refractivity contribution in [2.24, 2.45) is 0 Å². The van der Waals surface area contributed by atoms with E-state index < -0.39 is 0 Å². The molecule has 2 amide bonds. The Labute approximate surface area is 391 Å². The molecule has 0 aromatic heterocycles. The monoisotopic (exact) mass is 900 g/mol. The molecule has 0 unspecified atom stereocenters. The van der Waals surface area contributed by atoms with Gasteiger partial charge in [0.1, 0.15) is 18.2 Å². The highest BCUT2D eigenvalue weighted by Gasteiger charge is 2.19. The van der Waals surface area contributed by atoms with Crippen LogP contribution >= 0.6 is 23.2 Å². The van der Waals surface area contributed by atoms with Crippen LogP contribution in [0.25, 0.3) is 11.1 Å². The van der Waals surface area contributed by atoms with E-state index in [0.29, 0.717) is 54.9 Å². The van der Waals surface area contributed by atoms with Gasteiger partial charge in [-0.3, -0.25) is 9.59 Å². The predicted octanol–water partition coefficient (Wildman–Crippen LogP) is 12.3. The molecule has 4 N–H and O–H groups in total. The molecular weight excluding hydrogens is 852 g/mol. The molecule has 0 radical (unpaired) electrons. The highest BCUT2D eigenvalue weighted by atomic mass is 35.5. The van der Waals surface area contributed by atoms with Crippen molar-refractivity contribution in [2.75, 3.05) is 52.3 Å². The van der Waals surface area contributed by atoms with Crippen LogP contribution in [0.4, 0.5) is 28.4 Å². The summed E-state index contributed by atoms with van der Waals surface area (Å²) in [5.74, 6) is -0.414. The fraction of sp³-hybridized carbons (Fsp3) is 0.226. The minimum Gasteiger partial charge on any atom is -0.398 e. The maximum Gasteiger partial charge on any atom is 0.256 e. The molecule has 8 rings (SSSR count). The van der Waals surface area contributed by atoms with Crippen LogP contribution in [0.15, 0.2) is 121 Å². The molecule has 0 saturated carbocycles. The average Bonchev–Trinajstić information content (AvgIpc) is 3.33. The summed E-state index contributed by atoms with van der Waals surface area (Å²) in [7, 11) is 0. The van der Waals surface area contributed by atoms with Crippen LogP contribution in [-0.2, 0) is 0 Å². The summed E-state index contributed by atoms with van der Waals surface area (Å²) in [4.78, 5) is 30.6. The second-order valence-corrected chi connectivity index (χ2v) is 16.8. The first-order valence-corrected chi connectivity index (χ1v) is 22.3. The number of anilines is 5. The van der Waals surface area contributed by atoms with E-state index in [9.17, 15) is 20.1 Å². The maximum absolute atomic E-state index is 13.1. The van der Waals surface area contributed by atoms with Gasteiger partial charge in [0.15, 0.2) is 0 Å². The summed E-state index contributed by atoms with van der Waals surface area (Å²) in [6.45, 7) is 7.97. The number of nitrogen functional groups attached to an aromatic ring is 1. The fourth-order valence-corrected chi connectivity index (χ4v) is 8.05. The van der Waals surface area contributed by atoms with E-state index >= 15 is 0 Å². The molecule has 0 atom stereocenters. The van der Waals surface area contributed by atoms with Crippen LogP contribution in [-0.4, -0.2) is 38.0 Å². The van der Waals surface area contributed by atoms with Gasteiger partial charge < -0.3 is 26.2 Å². The lowest BCUT2D eigenvalue weighted by Crippen LogP contribution is -2.29. The summed E-state index contributed by atoms with van der Waals surface area (Å²) < 4.78 is 0. The number of rotatable bonds is 7. The number of nitrogens with two attached hydrogens (primary N) is 1. The van der Waals surface area contributed by atoms with Gasteiger partial charge in [0, 0.05) is 58.7 Å². The molecule has 328 valence electrons. The number of carbonyl (C=O) groups is 2. The Morgan fingerprint density at radius 1 is 0.523 bits per heavy atom. The zero-order valence-electron chi connectivity index (χ0n) is 36.5. The number of carbonyl (C=O) groups excluding carboxylic acids is 2. The lowest BCUT2D eigenvalue weighted by atomic mass is 10.0. The minimum absolute atomic E-state index is 0.187. The van der Waals surface area contributed by atoms with Crippen LogP contribution in [0.1, 0.15) is 87.1 Å². The molecule has 6 aromatic carbocycles. The van der Waals surface area contributed by atoms with Gasteiger partial charge in [0.05, 0.1) is 33.8 Å². The van der Waals surface area contributed by atoms with Crippen molar-refractivity contribution < 1.29 is 9.59 Å². The number of piperidine rings is 2. The Morgan fingerprint density at radius 3 is 1.45 bits per heavy atom. The summed E-state index contributed by atoms with van der Waals surface area (Å²) in [5, 5.41) is 34.0. The Hall–Kier alpha value is -7.29. The van der Waals surface area contributed by atoms with Gasteiger partial charge in [-0.15, -0.1) is 0 Å². The standard InChI is InChI=1S/C26H25N3O.C20H20ClN3O.C7H5ClN2/c1-19-10-13-23(29-14-6-3-7-15-29)17-24(19)26(30)28-25-16-21(11-12-22(25)18-27)20-8-4-2-5-9-20;1-14-5-8-17(24-9-3-2-4-10-24)12-18(14)20(25)23-19-11-16(21)7-6-15(19)13-22;8-6-2-1-5(4-9)7(10)3-6/h2,4-5,8-13,16-17H,3,6-7,14-15H2,1H3,(H,28,30);5-8,11-12H,2-4,9-10H2,1H3,(H,23,25);1-3H,10H2. The Balaban J connectivity index is 0.000000180. The number of aryl methyl sites for hydroxylation is 2. The van der Waals surface area contributed by atoms with Crippen molar-refractivity contribution in [1.29, 1.82) is 15.8 Å². The quantitative estimate of drug-likeness (QED) is 0.133. The highest BCUT2D eigenvalue weighted by molar-refractivity contribution is 6.31. The number of nitrogens with one attached hydrogen (secondary N) is 2. The van der Waals surface area contributed by atoms with Gasteiger partial charge in [-0.05, 0) is 147 Å². The molecule has 0 aliphatic carbocycles. The third-order valence-corrected chi connectivity index (χ3v) is 11.8. The maximum atomic E-state index is 13.1. The second-order valence-electron chi connectivity index (χ2n) is 15.9. The van der Waals surface area contributed by atoms with Crippen LogP contribution in [0, 0.1) is 47.8 Å². The van der Waals surface area contributed by atoms with E-state index in [2.05, 4.69) is 44.7 Å².